The molecule has 0 fully saturated rings. The number of nitrogens with two attached hydrogens (primary N) is 2. The van der Waals surface area contributed by atoms with Gasteiger partial charge in [-0.1, -0.05) is 37.3 Å². The fraction of sp³-hybridized carbons (Fsp3) is 0.231. The maximum absolute atomic E-state index is 5.82. The van der Waals surface area contributed by atoms with Crippen LogP contribution in [0.25, 0.3) is 0 Å². The first-order chi connectivity index (χ1) is 8.16. The Hall–Kier alpha value is -2.10. The van der Waals surface area contributed by atoms with Gasteiger partial charge >= 0.3 is 0 Å². The van der Waals surface area contributed by atoms with E-state index in [0.29, 0.717) is 11.7 Å². The van der Waals surface area contributed by atoms with Gasteiger partial charge in [0.25, 0.3) is 0 Å². The van der Waals surface area contributed by atoms with Crippen molar-refractivity contribution in [3.63, 3.8) is 0 Å². The third-order valence-electron chi connectivity index (χ3n) is 2.81. The van der Waals surface area contributed by atoms with Gasteiger partial charge in [-0.15, -0.1) is 0 Å². The monoisotopic (exact) mass is 228 g/mol. The quantitative estimate of drug-likeness (QED) is 0.842. The lowest BCUT2D eigenvalue weighted by atomic mass is 9.95. The Balaban J connectivity index is 2.16. The Morgan fingerprint density at radius 3 is 2.53 bits per heavy atom. The van der Waals surface area contributed by atoms with E-state index in [-0.39, 0.29) is 5.95 Å². The highest BCUT2D eigenvalue weighted by atomic mass is 15.0. The zero-order chi connectivity index (χ0) is 12.3. The fourth-order valence-corrected chi connectivity index (χ4v) is 1.82. The Morgan fingerprint density at radius 2 is 1.88 bits per heavy atom. The topological polar surface area (TPSA) is 77.8 Å². The van der Waals surface area contributed by atoms with Crippen LogP contribution in [0.2, 0.25) is 0 Å². The van der Waals surface area contributed by atoms with Crippen molar-refractivity contribution in [3.8, 4) is 0 Å². The van der Waals surface area contributed by atoms with Gasteiger partial charge in [-0.3, -0.25) is 0 Å². The average molecular weight is 228 g/mol. The third kappa shape index (κ3) is 2.72. The largest absolute Gasteiger partial charge is 0.383 e. The second-order valence-corrected chi connectivity index (χ2v) is 4.15. The minimum Gasteiger partial charge on any atom is -0.383 e. The molecule has 0 aliphatic carbocycles. The van der Waals surface area contributed by atoms with Gasteiger partial charge in [0.1, 0.15) is 5.82 Å². The summed E-state index contributed by atoms with van der Waals surface area (Å²) >= 11 is 0. The van der Waals surface area contributed by atoms with Crippen molar-refractivity contribution < 1.29 is 0 Å². The highest BCUT2D eigenvalue weighted by Gasteiger charge is 2.09. The van der Waals surface area contributed by atoms with Crippen molar-refractivity contribution in [2.45, 2.75) is 19.3 Å². The molecule has 0 saturated heterocycles. The predicted octanol–water partition coefficient (Wildman–Crippen LogP) is 1.99. The van der Waals surface area contributed by atoms with Crippen LogP contribution >= 0.6 is 0 Å². The molecule has 4 heteroatoms. The molecule has 0 bridgehead atoms. The molecule has 4 nitrogen and oxygen atoms in total. The van der Waals surface area contributed by atoms with Gasteiger partial charge < -0.3 is 11.5 Å². The summed E-state index contributed by atoms with van der Waals surface area (Å²) in [6.07, 6.45) is 2.52. The van der Waals surface area contributed by atoms with E-state index in [9.17, 15) is 0 Å². The number of nitrogen functional groups attached to an aromatic ring is 2. The van der Waals surface area contributed by atoms with Gasteiger partial charge in [-0.2, -0.15) is 4.98 Å². The number of rotatable bonds is 3. The smallest absolute Gasteiger partial charge is 0.221 e. The summed E-state index contributed by atoms with van der Waals surface area (Å²) < 4.78 is 0. The normalized spacial score (nSPS) is 12.3. The van der Waals surface area contributed by atoms with E-state index in [0.717, 1.165) is 12.0 Å². The molecule has 1 unspecified atom stereocenters. The third-order valence-corrected chi connectivity index (χ3v) is 2.81. The number of benzene rings is 1. The van der Waals surface area contributed by atoms with E-state index in [1.54, 1.807) is 6.20 Å². The van der Waals surface area contributed by atoms with Gasteiger partial charge in [-0.05, 0) is 17.9 Å². The van der Waals surface area contributed by atoms with Crippen molar-refractivity contribution in [2.75, 3.05) is 11.5 Å². The summed E-state index contributed by atoms with van der Waals surface area (Å²) in [6.45, 7) is 2.16. The van der Waals surface area contributed by atoms with Crippen LogP contribution in [0.5, 0.6) is 0 Å². The maximum atomic E-state index is 5.82. The molecule has 88 valence electrons. The van der Waals surface area contributed by atoms with Crippen molar-refractivity contribution >= 4 is 11.8 Å². The molecule has 0 aliphatic heterocycles. The number of aromatic nitrogens is 2. The van der Waals surface area contributed by atoms with Crippen LogP contribution in [0, 0.1) is 0 Å². The number of hydrogen-bond acceptors (Lipinski definition) is 4. The number of nitrogens with zero attached hydrogens (tertiary/aromatic N) is 2. The zero-order valence-electron chi connectivity index (χ0n) is 9.80. The first kappa shape index (κ1) is 11.4. The molecule has 2 rings (SSSR count). The van der Waals surface area contributed by atoms with Gasteiger partial charge in [0.15, 0.2) is 0 Å². The molecule has 2 aromatic rings. The minimum absolute atomic E-state index is 0.221. The van der Waals surface area contributed by atoms with Gasteiger partial charge in [0.05, 0.1) is 0 Å². The van der Waals surface area contributed by atoms with E-state index >= 15 is 0 Å². The van der Waals surface area contributed by atoms with E-state index in [4.69, 9.17) is 11.5 Å². The molecule has 1 heterocycles. The summed E-state index contributed by atoms with van der Waals surface area (Å²) in [4.78, 5) is 7.94. The molecule has 0 aliphatic rings. The molecule has 0 radical (unpaired) electrons. The first-order valence-electron chi connectivity index (χ1n) is 5.58. The predicted molar refractivity (Wildman–Crippen MR) is 69.4 cm³/mol. The van der Waals surface area contributed by atoms with Gasteiger partial charge in [0, 0.05) is 11.8 Å². The standard InChI is InChI=1S/C13H16N4/c1-9(10-5-3-2-4-6-10)7-11-8-16-13(15)17-12(11)14/h2-6,8-9H,7H2,1H3,(H4,14,15,16,17). The van der Waals surface area contributed by atoms with Gasteiger partial charge in [0.2, 0.25) is 5.95 Å². The van der Waals surface area contributed by atoms with E-state index in [2.05, 4.69) is 29.0 Å². The molecule has 0 amide bonds. The molecular weight excluding hydrogens is 212 g/mol. The Morgan fingerprint density at radius 1 is 1.18 bits per heavy atom. The summed E-state index contributed by atoms with van der Waals surface area (Å²) in [7, 11) is 0. The Labute approximate surface area is 101 Å². The number of anilines is 2. The van der Waals surface area contributed by atoms with Gasteiger partial charge in [-0.25, -0.2) is 4.98 Å². The maximum Gasteiger partial charge on any atom is 0.221 e. The molecule has 0 saturated carbocycles. The Kier molecular flexibility index (Phi) is 3.23. The van der Waals surface area contributed by atoms with Crippen molar-refractivity contribution in [3.05, 3.63) is 47.7 Å². The SMILES string of the molecule is CC(Cc1cnc(N)nc1N)c1ccccc1. The van der Waals surface area contributed by atoms with Crippen LogP contribution in [0.1, 0.15) is 24.0 Å². The molecular formula is C13H16N4. The lowest BCUT2D eigenvalue weighted by Crippen LogP contribution is -2.06. The van der Waals surface area contributed by atoms with Crippen LogP contribution in [-0.2, 0) is 6.42 Å². The highest BCUT2D eigenvalue weighted by Crippen LogP contribution is 2.22. The first-order valence-corrected chi connectivity index (χ1v) is 5.58. The van der Waals surface area contributed by atoms with Crippen molar-refractivity contribution in [1.82, 2.24) is 9.97 Å². The molecule has 1 aromatic carbocycles. The zero-order valence-corrected chi connectivity index (χ0v) is 9.80. The fourth-order valence-electron chi connectivity index (χ4n) is 1.82. The Bertz CT molecular complexity index is 496. The van der Waals surface area contributed by atoms with E-state index < -0.39 is 0 Å². The average Bonchev–Trinajstić information content (AvgIpc) is 2.34. The summed E-state index contributed by atoms with van der Waals surface area (Å²) in [6, 6.07) is 10.3. The van der Waals surface area contributed by atoms with Crippen LogP contribution < -0.4 is 11.5 Å². The highest BCUT2D eigenvalue weighted by molar-refractivity contribution is 5.42. The summed E-state index contributed by atoms with van der Waals surface area (Å²) in [5.74, 6) is 1.07. The summed E-state index contributed by atoms with van der Waals surface area (Å²) in [5, 5.41) is 0. The minimum atomic E-state index is 0.221. The molecule has 0 spiro atoms. The lowest BCUT2D eigenvalue weighted by molar-refractivity contribution is 0.755. The molecule has 17 heavy (non-hydrogen) atoms. The lowest BCUT2D eigenvalue weighted by Gasteiger charge is -2.12. The molecule has 1 aromatic heterocycles. The summed E-state index contributed by atoms with van der Waals surface area (Å²) in [5.41, 5.74) is 13.5. The van der Waals surface area contributed by atoms with Crippen LogP contribution in [0.3, 0.4) is 0 Å². The van der Waals surface area contributed by atoms with E-state index in [1.807, 2.05) is 18.2 Å². The van der Waals surface area contributed by atoms with E-state index in [1.165, 1.54) is 5.56 Å². The van der Waals surface area contributed by atoms with Crippen LogP contribution in [0.15, 0.2) is 36.5 Å². The number of hydrogen-bond donors (Lipinski definition) is 2. The molecule has 1 atom stereocenters. The van der Waals surface area contributed by atoms with Crippen LogP contribution in [0.4, 0.5) is 11.8 Å². The second kappa shape index (κ2) is 4.82. The van der Waals surface area contributed by atoms with Crippen molar-refractivity contribution in [2.24, 2.45) is 0 Å². The second-order valence-electron chi connectivity index (χ2n) is 4.15. The van der Waals surface area contributed by atoms with Crippen LogP contribution in [-0.4, -0.2) is 9.97 Å². The van der Waals surface area contributed by atoms with Crippen molar-refractivity contribution in [1.29, 1.82) is 0 Å². The molecule has 4 N–H and O–H groups in total.